The average molecular weight is 403 g/mol. The van der Waals surface area contributed by atoms with Crippen LogP contribution in [0.5, 0.6) is 0 Å². The first kappa shape index (κ1) is 20.4. The van der Waals surface area contributed by atoms with E-state index in [9.17, 15) is 4.79 Å². The van der Waals surface area contributed by atoms with E-state index in [0.717, 1.165) is 70.6 Å². The Bertz CT molecular complexity index is 902. The van der Waals surface area contributed by atoms with Gasteiger partial charge in [-0.3, -0.25) is 9.69 Å². The Morgan fingerprint density at radius 1 is 1.10 bits per heavy atom. The van der Waals surface area contributed by atoms with Crippen molar-refractivity contribution in [2.45, 2.75) is 32.2 Å². The van der Waals surface area contributed by atoms with Gasteiger partial charge in [-0.25, -0.2) is 0 Å². The SMILES string of the molecule is N#Cc1ccc(N2CCC[C@@H](C(=O)NCCCN3CCc4ccccc4C3)C2)cc1. The van der Waals surface area contributed by atoms with Crippen molar-refractivity contribution < 1.29 is 4.79 Å². The van der Waals surface area contributed by atoms with Crippen LogP contribution in [-0.2, 0) is 17.8 Å². The number of hydrogen-bond donors (Lipinski definition) is 1. The molecular formula is C25H30N4O. The summed E-state index contributed by atoms with van der Waals surface area (Å²) in [6.07, 6.45) is 4.07. The van der Waals surface area contributed by atoms with E-state index < -0.39 is 0 Å². The first-order chi connectivity index (χ1) is 14.7. The molecule has 1 saturated heterocycles. The Labute approximate surface area is 179 Å². The number of rotatable bonds is 6. The Morgan fingerprint density at radius 3 is 2.70 bits per heavy atom. The molecule has 4 rings (SSSR count). The predicted molar refractivity (Wildman–Crippen MR) is 119 cm³/mol. The Kier molecular flexibility index (Phi) is 6.66. The number of nitriles is 1. The van der Waals surface area contributed by atoms with E-state index in [-0.39, 0.29) is 11.8 Å². The molecule has 0 bridgehead atoms. The molecule has 1 N–H and O–H groups in total. The standard InChI is InChI=1S/C25H30N4O/c26-17-20-8-10-24(11-9-20)29-15-3-7-23(19-29)25(30)27-13-4-14-28-16-12-21-5-1-2-6-22(21)18-28/h1-2,5-6,8-11,23H,3-4,7,12-16,18-19H2,(H,27,30)/t23-/m1/s1. The van der Waals surface area contributed by atoms with E-state index in [2.05, 4.69) is 45.5 Å². The van der Waals surface area contributed by atoms with E-state index in [1.54, 1.807) is 0 Å². The minimum absolute atomic E-state index is 0.0382. The van der Waals surface area contributed by atoms with Crippen molar-refractivity contribution in [3.63, 3.8) is 0 Å². The molecule has 5 heteroatoms. The maximum Gasteiger partial charge on any atom is 0.224 e. The number of fused-ring (bicyclic) bond motifs is 1. The number of amides is 1. The second kappa shape index (κ2) is 9.77. The molecule has 5 nitrogen and oxygen atoms in total. The van der Waals surface area contributed by atoms with Crippen LogP contribution in [0.15, 0.2) is 48.5 Å². The number of anilines is 1. The predicted octanol–water partition coefficient (Wildman–Crippen LogP) is 3.34. The molecule has 2 aliphatic rings. The molecule has 1 amide bonds. The third-order valence-electron chi connectivity index (χ3n) is 6.31. The minimum Gasteiger partial charge on any atom is -0.371 e. The smallest absolute Gasteiger partial charge is 0.224 e. The van der Waals surface area contributed by atoms with Gasteiger partial charge in [-0.05, 0) is 61.1 Å². The number of carbonyl (C=O) groups is 1. The van der Waals surface area contributed by atoms with Crippen LogP contribution in [0.2, 0.25) is 0 Å². The molecule has 1 atom stereocenters. The maximum absolute atomic E-state index is 12.7. The summed E-state index contributed by atoms with van der Waals surface area (Å²) in [7, 11) is 0. The van der Waals surface area contributed by atoms with Crippen LogP contribution >= 0.6 is 0 Å². The van der Waals surface area contributed by atoms with Gasteiger partial charge in [0.2, 0.25) is 5.91 Å². The van der Waals surface area contributed by atoms with Crippen molar-refractivity contribution in [3.8, 4) is 6.07 Å². The zero-order chi connectivity index (χ0) is 20.8. The second-order valence-electron chi connectivity index (χ2n) is 8.38. The van der Waals surface area contributed by atoms with Crippen LogP contribution in [0.25, 0.3) is 0 Å². The number of hydrogen-bond acceptors (Lipinski definition) is 4. The van der Waals surface area contributed by atoms with Crippen LogP contribution in [0.3, 0.4) is 0 Å². The molecule has 0 spiro atoms. The summed E-state index contributed by atoms with van der Waals surface area (Å²) in [5.74, 6) is 0.216. The highest BCUT2D eigenvalue weighted by molar-refractivity contribution is 5.79. The van der Waals surface area contributed by atoms with Gasteiger partial charge in [0.05, 0.1) is 17.6 Å². The van der Waals surface area contributed by atoms with Gasteiger partial charge in [0.1, 0.15) is 0 Å². The maximum atomic E-state index is 12.7. The number of carbonyl (C=O) groups excluding carboxylic acids is 1. The Morgan fingerprint density at radius 2 is 1.90 bits per heavy atom. The number of nitrogens with one attached hydrogen (secondary N) is 1. The van der Waals surface area contributed by atoms with Crippen LogP contribution in [0.4, 0.5) is 5.69 Å². The fraction of sp³-hybridized carbons (Fsp3) is 0.440. The van der Waals surface area contributed by atoms with Gasteiger partial charge in [-0.15, -0.1) is 0 Å². The Balaban J connectivity index is 1.20. The van der Waals surface area contributed by atoms with Crippen LogP contribution < -0.4 is 10.2 Å². The lowest BCUT2D eigenvalue weighted by Gasteiger charge is -2.34. The van der Waals surface area contributed by atoms with Gasteiger partial charge in [0.15, 0.2) is 0 Å². The molecule has 2 aromatic rings. The van der Waals surface area contributed by atoms with E-state index in [1.165, 1.54) is 11.1 Å². The monoisotopic (exact) mass is 402 g/mol. The summed E-state index contributed by atoms with van der Waals surface area (Å²) in [4.78, 5) is 17.4. The molecule has 2 aliphatic heterocycles. The highest BCUT2D eigenvalue weighted by Gasteiger charge is 2.25. The average Bonchev–Trinajstić information content (AvgIpc) is 2.81. The van der Waals surface area contributed by atoms with Crippen molar-refractivity contribution in [1.82, 2.24) is 10.2 Å². The van der Waals surface area contributed by atoms with E-state index in [1.807, 2.05) is 24.3 Å². The molecule has 2 heterocycles. The van der Waals surface area contributed by atoms with Crippen LogP contribution in [-0.4, -0.2) is 43.5 Å². The third kappa shape index (κ3) is 5.01. The first-order valence-electron chi connectivity index (χ1n) is 11.0. The third-order valence-corrected chi connectivity index (χ3v) is 6.31. The van der Waals surface area contributed by atoms with E-state index >= 15 is 0 Å². The van der Waals surface area contributed by atoms with Crippen LogP contribution in [0.1, 0.15) is 36.0 Å². The summed E-state index contributed by atoms with van der Waals surface area (Å²) in [6, 6.07) is 18.5. The molecule has 30 heavy (non-hydrogen) atoms. The summed E-state index contributed by atoms with van der Waals surface area (Å²) >= 11 is 0. The molecule has 0 radical (unpaired) electrons. The normalized spacial score (nSPS) is 19.0. The minimum atomic E-state index is 0.0382. The number of piperidine rings is 1. The highest BCUT2D eigenvalue weighted by atomic mass is 16.1. The quantitative estimate of drug-likeness (QED) is 0.753. The van der Waals surface area contributed by atoms with Gasteiger partial charge >= 0.3 is 0 Å². The topological polar surface area (TPSA) is 59.4 Å². The Hall–Kier alpha value is -2.84. The fourth-order valence-corrected chi connectivity index (χ4v) is 4.58. The fourth-order valence-electron chi connectivity index (χ4n) is 4.58. The zero-order valence-corrected chi connectivity index (χ0v) is 17.5. The summed E-state index contributed by atoms with van der Waals surface area (Å²) in [5.41, 5.74) is 4.68. The summed E-state index contributed by atoms with van der Waals surface area (Å²) in [5, 5.41) is 12.1. The van der Waals surface area contributed by atoms with Crippen molar-refractivity contribution in [3.05, 3.63) is 65.2 Å². The van der Waals surface area contributed by atoms with Crippen molar-refractivity contribution in [2.24, 2.45) is 5.92 Å². The van der Waals surface area contributed by atoms with Crippen molar-refractivity contribution in [2.75, 3.05) is 37.6 Å². The lowest BCUT2D eigenvalue weighted by molar-refractivity contribution is -0.125. The lowest BCUT2D eigenvalue weighted by Crippen LogP contribution is -2.43. The van der Waals surface area contributed by atoms with Gasteiger partial charge in [0.25, 0.3) is 0 Å². The first-order valence-corrected chi connectivity index (χ1v) is 11.0. The molecule has 1 fully saturated rings. The van der Waals surface area contributed by atoms with Gasteiger partial charge in [-0.2, -0.15) is 5.26 Å². The van der Waals surface area contributed by atoms with Gasteiger partial charge < -0.3 is 10.2 Å². The second-order valence-corrected chi connectivity index (χ2v) is 8.38. The molecule has 0 aromatic heterocycles. The summed E-state index contributed by atoms with van der Waals surface area (Å²) < 4.78 is 0. The largest absolute Gasteiger partial charge is 0.371 e. The van der Waals surface area contributed by atoms with Gasteiger partial charge in [-0.1, -0.05) is 24.3 Å². The molecule has 0 unspecified atom stereocenters. The number of nitrogens with zero attached hydrogens (tertiary/aromatic N) is 3. The molecular weight excluding hydrogens is 372 g/mol. The highest BCUT2D eigenvalue weighted by Crippen LogP contribution is 2.24. The number of benzene rings is 2. The molecule has 0 aliphatic carbocycles. The van der Waals surface area contributed by atoms with Crippen molar-refractivity contribution in [1.29, 1.82) is 5.26 Å². The van der Waals surface area contributed by atoms with Gasteiger partial charge in [0, 0.05) is 45.0 Å². The molecule has 156 valence electrons. The molecule has 0 saturated carbocycles. The van der Waals surface area contributed by atoms with E-state index in [0.29, 0.717) is 5.56 Å². The lowest BCUT2D eigenvalue weighted by atomic mass is 9.96. The summed E-state index contributed by atoms with van der Waals surface area (Å²) in [6.45, 7) is 5.60. The van der Waals surface area contributed by atoms with Crippen LogP contribution in [0, 0.1) is 17.2 Å². The zero-order valence-electron chi connectivity index (χ0n) is 17.5. The van der Waals surface area contributed by atoms with E-state index in [4.69, 9.17) is 5.26 Å². The molecule has 2 aromatic carbocycles. The van der Waals surface area contributed by atoms with Crippen molar-refractivity contribution >= 4 is 11.6 Å².